The number of aliphatic hydroxyl groups is 2. The van der Waals surface area contributed by atoms with E-state index in [1.54, 1.807) is 13.8 Å². The van der Waals surface area contributed by atoms with E-state index in [4.69, 9.17) is 10.2 Å². The van der Waals surface area contributed by atoms with Crippen molar-refractivity contribution in [2.24, 2.45) is 0 Å². The minimum absolute atomic E-state index is 0. The van der Waals surface area contributed by atoms with E-state index < -0.39 is 0 Å². The van der Waals surface area contributed by atoms with E-state index in [1.165, 1.54) is 0 Å². The van der Waals surface area contributed by atoms with Crippen LogP contribution in [0.25, 0.3) is 0 Å². The molecule has 0 aliphatic rings. The van der Waals surface area contributed by atoms with Crippen molar-refractivity contribution in [2.45, 2.75) is 13.8 Å². The molecule has 0 fully saturated rings. The maximum Gasteiger partial charge on any atom is 2.00 e. The van der Waals surface area contributed by atoms with E-state index in [9.17, 15) is 0 Å². The van der Waals surface area contributed by atoms with Gasteiger partial charge < -0.3 is 30.5 Å². The Kier molecular flexibility index (Phi) is 486. The molecule has 0 spiro atoms. The summed E-state index contributed by atoms with van der Waals surface area (Å²) in [6, 6.07) is 0. The van der Waals surface area contributed by atoms with Crippen LogP contribution >= 0.6 is 0 Å². The number of rotatable bonds is 0. The molecule has 2 N–H and O–H groups in total. The topological polar surface area (TPSA) is 69.0 Å². The van der Waals surface area contributed by atoms with E-state index in [0.29, 0.717) is 0 Å². The fraction of sp³-hybridized carbons (Fsp3) is 0.667. The maximum atomic E-state index is 7.57. The summed E-state index contributed by atoms with van der Waals surface area (Å²) in [5.74, 6) is 0. The van der Waals surface area contributed by atoms with Crippen molar-refractivity contribution in [2.75, 3.05) is 13.2 Å². The molecule has 0 rings (SSSR count). The molecule has 0 heterocycles. The molecule has 0 atom stereocenters. The summed E-state index contributed by atoms with van der Waals surface area (Å²) in [6.07, 6.45) is 0. The summed E-state index contributed by atoms with van der Waals surface area (Å²) in [4.78, 5) is 0. The standard InChI is InChI=1S/2C2H6O.2CH3.O.Ti/c2*1-2-3;;;;/h2*3H,2H2,1H3;2*1H3;;/q;;2*-1;-2;+2. The van der Waals surface area contributed by atoms with Crippen molar-refractivity contribution in [1.29, 1.82) is 0 Å². The van der Waals surface area contributed by atoms with Crippen LogP contribution in [-0.2, 0) is 27.2 Å². The summed E-state index contributed by atoms with van der Waals surface area (Å²) >= 11 is 0. The van der Waals surface area contributed by atoms with Crippen molar-refractivity contribution < 1.29 is 37.4 Å². The Bertz CT molecular complexity index is 15.0. The van der Waals surface area contributed by atoms with Crippen molar-refractivity contribution in [3.8, 4) is 0 Å². The molecule has 10 heavy (non-hydrogen) atoms. The summed E-state index contributed by atoms with van der Waals surface area (Å²) < 4.78 is 0. The predicted molar refractivity (Wildman–Crippen MR) is 39.0 cm³/mol. The first-order valence-corrected chi connectivity index (χ1v) is 2.05. The van der Waals surface area contributed by atoms with Crippen LogP contribution in [0.15, 0.2) is 0 Å². The third kappa shape index (κ3) is 1400. The Morgan fingerprint density at radius 2 is 0.900 bits per heavy atom. The van der Waals surface area contributed by atoms with Gasteiger partial charge in [-0.3, -0.25) is 0 Å². The van der Waals surface area contributed by atoms with Gasteiger partial charge in [0.2, 0.25) is 0 Å². The molecule has 0 aromatic carbocycles. The van der Waals surface area contributed by atoms with Crippen LogP contribution in [0.4, 0.5) is 0 Å². The van der Waals surface area contributed by atoms with Crippen molar-refractivity contribution in [3.63, 3.8) is 0 Å². The monoisotopic (exact) mass is 186 g/mol. The second kappa shape index (κ2) is 105. The third-order valence-electron chi connectivity index (χ3n) is 0. The fourth-order valence-corrected chi connectivity index (χ4v) is 0. The molecular weight excluding hydrogens is 168 g/mol. The first kappa shape index (κ1) is 46.2. The van der Waals surface area contributed by atoms with Gasteiger partial charge in [-0.2, -0.15) is 0 Å². The van der Waals surface area contributed by atoms with E-state index in [-0.39, 0.29) is 55.3 Å². The Balaban J connectivity index is -0.00000000571. The average Bonchev–Trinajstić information content (AvgIpc) is 1.39. The van der Waals surface area contributed by atoms with Gasteiger partial charge in [-0.05, 0) is 13.8 Å². The Labute approximate surface area is 79.7 Å². The molecule has 0 saturated carbocycles. The zero-order valence-electron chi connectivity index (χ0n) is 7.22. The van der Waals surface area contributed by atoms with Gasteiger partial charge >= 0.3 is 21.7 Å². The van der Waals surface area contributed by atoms with Crippen LogP contribution in [0.2, 0.25) is 0 Å². The van der Waals surface area contributed by atoms with Crippen LogP contribution in [0.5, 0.6) is 0 Å². The van der Waals surface area contributed by atoms with Crippen LogP contribution in [0.3, 0.4) is 0 Å². The molecule has 0 unspecified atom stereocenters. The molecule has 0 radical (unpaired) electrons. The second-order valence-electron chi connectivity index (χ2n) is 0.632. The molecule has 0 aromatic rings. The summed E-state index contributed by atoms with van der Waals surface area (Å²) in [5, 5.41) is 15.1. The summed E-state index contributed by atoms with van der Waals surface area (Å²) in [5.41, 5.74) is 0. The Morgan fingerprint density at radius 3 is 0.900 bits per heavy atom. The molecule has 0 aromatic heterocycles. The van der Waals surface area contributed by atoms with Gasteiger partial charge in [0.25, 0.3) is 0 Å². The minimum atomic E-state index is 0. The van der Waals surface area contributed by atoms with E-state index in [1.807, 2.05) is 0 Å². The summed E-state index contributed by atoms with van der Waals surface area (Å²) in [6.45, 7) is 3.86. The van der Waals surface area contributed by atoms with Crippen molar-refractivity contribution in [3.05, 3.63) is 14.9 Å². The third-order valence-corrected chi connectivity index (χ3v) is 0. The molecule has 4 heteroatoms. The molecule has 0 aliphatic carbocycles. The molecule has 3 nitrogen and oxygen atoms in total. The van der Waals surface area contributed by atoms with Crippen LogP contribution in [-0.4, -0.2) is 23.4 Å². The SMILES string of the molecule is CCO.CCO.[CH3-].[CH3-].[O-2].[Ti+2]. The molecule has 0 aliphatic heterocycles. The van der Waals surface area contributed by atoms with Gasteiger partial charge in [-0.1, -0.05) is 0 Å². The van der Waals surface area contributed by atoms with E-state index >= 15 is 0 Å². The zero-order valence-corrected chi connectivity index (χ0v) is 8.78. The summed E-state index contributed by atoms with van der Waals surface area (Å²) in [7, 11) is 0. The maximum absolute atomic E-state index is 7.57. The average molecular weight is 186 g/mol. The smallest absolute Gasteiger partial charge is 2.00 e. The van der Waals surface area contributed by atoms with Crippen LogP contribution < -0.4 is 0 Å². The largest absolute Gasteiger partial charge is 2.00 e. The van der Waals surface area contributed by atoms with Crippen molar-refractivity contribution >= 4 is 0 Å². The number of aliphatic hydroxyl groups excluding tert-OH is 2. The first-order valence-electron chi connectivity index (χ1n) is 2.05. The molecule has 0 bridgehead atoms. The van der Waals surface area contributed by atoms with Crippen molar-refractivity contribution in [1.82, 2.24) is 0 Å². The molecule has 0 saturated heterocycles. The molecule has 0 amide bonds. The van der Waals surface area contributed by atoms with Crippen LogP contribution in [0.1, 0.15) is 13.8 Å². The van der Waals surface area contributed by atoms with E-state index in [2.05, 4.69) is 0 Å². The molecular formula is C6H18O3Ti-2. The molecule has 66 valence electrons. The van der Waals surface area contributed by atoms with Gasteiger partial charge in [0.05, 0.1) is 0 Å². The van der Waals surface area contributed by atoms with E-state index in [0.717, 1.165) is 0 Å². The zero-order chi connectivity index (χ0) is 5.41. The Hall–Kier alpha value is 0.594. The fourth-order valence-electron chi connectivity index (χ4n) is 0. The van der Waals surface area contributed by atoms with Crippen LogP contribution in [0, 0.1) is 14.9 Å². The first-order chi connectivity index (χ1) is 2.83. The second-order valence-corrected chi connectivity index (χ2v) is 0.632. The van der Waals surface area contributed by atoms with Gasteiger partial charge in [0.15, 0.2) is 0 Å². The Morgan fingerprint density at radius 1 is 0.900 bits per heavy atom. The number of hydrogen-bond acceptors (Lipinski definition) is 2. The van der Waals surface area contributed by atoms with Gasteiger partial charge in [-0.15, -0.1) is 0 Å². The van der Waals surface area contributed by atoms with Gasteiger partial charge in [0.1, 0.15) is 0 Å². The predicted octanol–water partition coefficient (Wildman–Crippen LogP) is 0.776. The van der Waals surface area contributed by atoms with Gasteiger partial charge in [-0.25, -0.2) is 0 Å². The quantitative estimate of drug-likeness (QED) is 0.433. The minimum Gasteiger partial charge on any atom is -2.00 e. The van der Waals surface area contributed by atoms with Gasteiger partial charge in [0, 0.05) is 13.2 Å². The number of hydrogen-bond donors (Lipinski definition) is 2. The normalized spacial score (nSPS) is 3.60.